The van der Waals surface area contributed by atoms with Gasteiger partial charge in [0.25, 0.3) is 0 Å². The van der Waals surface area contributed by atoms with Gasteiger partial charge >= 0.3 is 0 Å². The van der Waals surface area contributed by atoms with Gasteiger partial charge in [0.2, 0.25) is 0 Å². The Bertz CT molecular complexity index is 364. The predicted molar refractivity (Wildman–Crippen MR) is 60.6 cm³/mol. The van der Waals surface area contributed by atoms with E-state index in [1.165, 1.54) is 6.07 Å². The number of rotatable bonds is 3. The second-order valence-corrected chi connectivity index (χ2v) is 4.67. The average molecular weight is 246 g/mol. The van der Waals surface area contributed by atoms with Gasteiger partial charge in [0.1, 0.15) is 11.6 Å². The summed E-state index contributed by atoms with van der Waals surface area (Å²) < 4.78 is 26.4. The Morgan fingerprint density at radius 1 is 1.25 bits per heavy atom. The Morgan fingerprint density at radius 2 is 1.94 bits per heavy atom. The minimum absolute atomic E-state index is 0.258. The molecule has 1 unspecified atom stereocenters. The average Bonchev–Trinajstić information content (AvgIpc) is 2.74. The molecule has 88 valence electrons. The van der Waals surface area contributed by atoms with Crippen LogP contribution in [0, 0.1) is 11.6 Å². The molecule has 1 aliphatic heterocycles. The summed E-state index contributed by atoms with van der Waals surface area (Å²) in [6.45, 7) is 2.59. The molecule has 0 amide bonds. The molecule has 0 saturated carbocycles. The van der Waals surface area contributed by atoms with Crippen LogP contribution in [0.1, 0.15) is 23.8 Å². The molecule has 0 bridgehead atoms. The van der Waals surface area contributed by atoms with E-state index in [2.05, 4.69) is 4.90 Å². The third-order valence-electron chi connectivity index (χ3n) is 2.91. The first-order valence-electron chi connectivity index (χ1n) is 5.48. The van der Waals surface area contributed by atoms with E-state index < -0.39 is 17.0 Å². The maximum Gasteiger partial charge on any atom is 0.128 e. The fraction of sp³-hybridized carbons (Fsp3) is 0.500. The van der Waals surface area contributed by atoms with Gasteiger partial charge in [-0.3, -0.25) is 0 Å². The van der Waals surface area contributed by atoms with Crippen LogP contribution >= 0.6 is 11.6 Å². The zero-order chi connectivity index (χ0) is 11.5. The predicted octanol–water partition coefficient (Wildman–Crippen LogP) is 3.34. The van der Waals surface area contributed by atoms with Gasteiger partial charge < -0.3 is 4.90 Å². The van der Waals surface area contributed by atoms with Crippen LogP contribution in [0.5, 0.6) is 0 Å². The van der Waals surface area contributed by atoms with Crippen molar-refractivity contribution in [3.8, 4) is 0 Å². The van der Waals surface area contributed by atoms with Crippen molar-refractivity contribution in [2.45, 2.75) is 18.2 Å². The lowest BCUT2D eigenvalue weighted by atomic mass is 10.1. The summed E-state index contributed by atoms with van der Waals surface area (Å²) in [5.41, 5.74) is 0.258. The number of halogens is 3. The normalized spacial score (nSPS) is 18.9. The monoisotopic (exact) mass is 245 g/mol. The van der Waals surface area contributed by atoms with E-state index in [1.54, 1.807) is 0 Å². The Labute approximate surface area is 99.0 Å². The summed E-state index contributed by atoms with van der Waals surface area (Å²) in [6.07, 6.45) is 2.32. The first-order valence-corrected chi connectivity index (χ1v) is 5.92. The number of likely N-dealkylation sites (tertiary alicyclic amines) is 1. The molecule has 2 rings (SSSR count). The van der Waals surface area contributed by atoms with Crippen molar-refractivity contribution in [3.05, 3.63) is 35.4 Å². The highest BCUT2D eigenvalue weighted by Crippen LogP contribution is 2.26. The molecule has 1 aromatic carbocycles. The van der Waals surface area contributed by atoms with Gasteiger partial charge in [-0.25, -0.2) is 8.78 Å². The molecule has 1 saturated heterocycles. The Morgan fingerprint density at radius 3 is 2.62 bits per heavy atom. The van der Waals surface area contributed by atoms with Gasteiger partial charge in [-0.2, -0.15) is 0 Å². The molecule has 4 heteroatoms. The highest BCUT2D eigenvalue weighted by molar-refractivity contribution is 6.21. The molecular weight excluding hydrogens is 232 g/mol. The lowest BCUT2D eigenvalue weighted by molar-refractivity contribution is 0.336. The molecule has 0 radical (unpaired) electrons. The molecule has 1 aliphatic rings. The Hall–Kier alpha value is -0.670. The van der Waals surface area contributed by atoms with Crippen molar-refractivity contribution in [3.63, 3.8) is 0 Å². The molecule has 1 fully saturated rings. The van der Waals surface area contributed by atoms with Gasteiger partial charge in [0.15, 0.2) is 0 Å². The third-order valence-corrected chi connectivity index (χ3v) is 3.29. The smallest absolute Gasteiger partial charge is 0.128 e. The van der Waals surface area contributed by atoms with E-state index in [4.69, 9.17) is 11.6 Å². The molecule has 0 spiro atoms. The van der Waals surface area contributed by atoms with Crippen LogP contribution in [0.25, 0.3) is 0 Å². The fourth-order valence-corrected chi connectivity index (χ4v) is 2.41. The van der Waals surface area contributed by atoms with Gasteiger partial charge in [-0.1, -0.05) is 0 Å². The largest absolute Gasteiger partial charge is 0.302 e. The van der Waals surface area contributed by atoms with E-state index in [0.717, 1.165) is 38.1 Å². The van der Waals surface area contributed by atoms with Crippen molar-refractivity contribution in [1.82, 2.24) is 4.90 Å². The highest BCUT2D eigenvalue weighted by atomic mass is 35.5. The van der Waals surface area contributed by atoms with Crippen LogP contribution in [0.15, 0.2) is 18.2 Å². The molecule has 0 aromatic heterocycles. The minimum atomic E-state index is -0.478. The first-order chi connectivity index (χ1) is 7.66. The molecule has 1 atom stereocenters. The summed E-state index contributed by atoms with van der Waals surface area (Å²) in [7, 11) is 0. The number of hydrogen-bond donors (Lipinski definition) is 0. The van der Waals surface area contributed by atoms with E-state index in [9.17, 15) is 8.78 Å². The zero-order valence-electron chi connectivity index (χ0n) is 8.93. The minimum Gasteiger partial charge on any atom is -0.302 e. The highest BCUT2D eigenvalue weighted by Gasteiger charge is 2.19. The van der Waals surface area contributed by atoms with Gasteiger partial charge in [-0.05, 0) is 44.1 Å². The van der Waals surface area contributed by atoms with Crippen molar-refractivity contribution < 1.29 is 8.78 Å². The molecule has 0 aliphatic carbocycles. The summed E-state index contributed by atoms with van der Waals surface area (Å²) >= 11 is 6.12. The van der Waals surface area contributed by atoms with E-state index in [1.807, 2.05) is 0 Å². The van der Waals surface area contributed by atoms with E-state index in [-0.39, 0.29) is 5.56 Å². The molecule has 1 heterocycles. The molecule has 0 N–H and O–H groups in total. The molecule has 1 nitrogen and oxygen atoms in total. The third kappa shape index (κ3) is 2.71. The summed E-state index contributed by atoms with van der Waals surface area (Å²) in [5.74, 6) is -0.871. The first kappa shape index (κ1) is 11.8. The maximum atomic E-state index is 13.4. The SMILES string of the molecule is Fc1ccc(F)c(C(Cl)CN2CCCC2)c1. The number of hydrogen-bond acceptors (Lipinski definition) is 1. The fourth-order valence-electron chi connectivity index (χ4n) is 2.04. The van der Waals surface area contributed by atoms with Crippen LogP contribution in [0.3, 0.4) is 0 Å². The molecule has 16 heavy (non-hydrogen) atoms. The number of alkyl halides is 1. The van der Waals surface area contributed by atoms with Gasteiger partial charge in [0, 0.05) is 12.1 Å². The lowest BCUT2D eigenvalue weighted by Crippen LogP contribution is -2.23. The molecular formula is C12H14ClF2N. The van der Waals surface area contributed by atoms with Crippen molar-refractivity contribution in [2.75, 3.05) is 19.6 Å². The summed E-state index contributed by atoms with van der Waals surface area (Å²) in [6, 6.07) is 3.42. The van der Waals surface area contributed by atoms with E-state index >= 15 is 0 Å². The second-order valence-electron chi connectivity index (χ2n) is 4.14. The van der Waals surface area contributed by atoms with Crippen LogP contribution in [-0.4, -0.2) is 24.5 Å². The Balaban J connectivity index is 2.07. The summed E-state index contributed by atoms with van der Waals surface area (Å²) in [4.78, 5) is 2.18. The van der Waals surface area contributed by atoms with Crippen molar-refractivity contribution in [2.24, 2.45) is 0 Å². The van der Waals surface area contributed by atoms with E-state index in [0.29, 0.717) is 6.54 Å². The Kier molecular flexibility index (Phi) is 3.77. The van der Waals surface area contributed by atoms with Crippen molar-refractivity contribution in [1.29, 1.82) is 0 Å². The lowest BCUT2D eigenvalue weighted by Gasteiger charge is -2.19. The topological polar surface area (TPSA) is 3.24 Å². The van der Waals surface area contributed by atoms with Crippen LogP contribution < -0.4 is 0 Å². The van der Waals surface area contributed by atoms with Crippen LogP contribution in [-0.2, 0) is 0 Å². The second kappa shape index (κ2) is 5.11. The standard InChI is InChI=1S/C12H14ClF2N/c13-11(8-16-5-1-2-6-16)10-7-9(14)3-4-12(10)15/h3-4,7,11H,1-2,5-6,8H2. The van der Waals surface area contributed by atoms with Gasteiger partial charge in [0.05, 0.1) is 5.38 Å². The van der Waals surface area contributed by atoms with Crippen molar-refractivity contribution >= 4 is 11.6 Å². The number of nitrogens with zero attached hydrogens (tertiary/aromatic N) is 1. The van der Waals surface area contributed by atoms with Gasteiger partial charge in [-0.15, -0.1) is 11.6 Å². The maximum absolute atomic E-state index is 13.4. The van der Waals surface area contributed by atoms with Crippen LogP contribution in [0.2, 0.25) is 0 Å². The molecule has 1 aromatic rings. The number of benzene rings is 1. The zero-order valence-corrected chi connectivity index (χ0v) is 9.68. The summed E-state index contributed by atoms with van der Waals surface area (Å²) in [5, 5.41) is -0.478. The quantitative estimate of drug-likeness (QED) is 0.739. The van der Waals surface area contributed by atoms with Crippen LogP contribution in [0.4, 0.5) is 8.78 Å².